The van der Waals surface area contributed by atoms with E-state index < -0.39 is 12.5 Å². The molecule has 2 aromatic carbocycles. The maximum atomic E-state index is 13.3. The van der Waals surface area contributed by atoms with E-state index >= 15 is 0 Å². The molecule has 0 bridgehead atoms. The predicted octanol–water partition coefficient (Wildman–Crippen LogP) is 5.25. The number of benzene rings is 2. The first-order chi connectivity index (χ1) is 12.0. The van der Waals surface area contributed by atoms with E-state index in [9.17, 15) is 13.6 Å². The predicted molar refractivity (Wildman–Crippen MR) is 92.3 cm³/mol. The summed E-state index contributed by atoms with van der Waals surface area (Å²) in [5, 5.41) is 2.57. The number of para-hydroxylation sites is 1. The van der Waals surface area contributed by atoms with Crippen LogP contribution in [0.1, 0.15) is 35.6 Å². The number of rotatable bonds is 6. The van der Waals surface area contributed by atoms with Crippen molar-refractivity contribution in [2.45, 2.75) is 33.3 Å². The first-order valence-corrected chi connectivity index (χ1v) is 7.93. The quantitative estimate of drug-likeness (QED) is 0.774. The van der Waals surface area contributed by atoms with Gasteiger partial charge in [-0.2, -0.15) is 0 Å². The number of hydrogen-bond donors (Lipinski definition) is 1. The Labute approximate surface area is 145 Å². The molecule has 6 heteroatoms. The minimum absolute atomic E-state index is 0.0464. The van der Waals surface area contributed by atoms with Gasteiger partial charge in [0.15, 0.2) is 0 Å². The zero-order valence-electron chi connectivity index (χ0n) is 14.4. The molecule has 4 nitrogen and oxygen atoms in total. The molecule has 0 saturated carbocycles. The second-order valence-corrected chi connectivity index (χ2v) is 5.53. The molecule has 0 aromatic heterocycles. The number of alkyl halides is 2. The number of hydrogen-bond acceptors (Lipinski definition) is 3. The minimum Gasteiger partial charge on any atom is -0.488 e. The Morgan fingerprint density at radius 2 is 1.92 bits per heavy atom. The number of nitrogens with one attached hydrogen (secondary N) is 1. The molecular formula is C19H21F2NO3. The summed E-state index contributed by atoms with van der Waals surface area (Å²) in [6, 6.07) is 10.1. The van der Waals surface area contributed by atoms with Gasteiger partial charge in [0, 0.05) is 5.56 Å². The summed E-state index contributed by atoms with van der Waals surface area (Å²) in [6.45, 7) is 3.84. The fraction of sp³-hybridized carbons (Fsp3) is 0.316. The topological polar surface area (TPSA) is 47.6 Å². The van der Waals surface area contributed by atoms with E-state index in [2.05, 4.69) is 10.1 Å². The van der Waals surface area contributed by atoms with Crippen LogP contribution in [0, 0.1) is 6.92 Å². The van der Waals surface area contributed by atoms with Crippen LogP contribution < -0.4 is 10.1 Å². The normalized spacial score (nSPS) is 10.6. The van der Waals surface area contributed by atoms with Crippen molar-refractivity contribution in [3.63, 3.8) is 0 Å². The third kappa shape index (κ3) is 4.68. The first kappa shape index (κ1) is 18.7. The lowest BCUT2D eigenvalue weighted by Crippen LogP contribution is -2.13. The standard InChI is InChI=1S/C19H21F2NO3/c1-4-13-10-15(18(20)21)17(9-12(13)2)25-11-14-7-5-6-8-16(14)22-19(23)24-3/h5-10,18H,4,11H2,1-3H3,(H,22,23). The van der Waals surface area contributed by atoms with Gasteiger partial charge < -0.3 is 9.47 Å². The van der Waals surface area contributed by atoms with E-state index in [-0.39, 0.29) is 17.9 Å². The fourth-order valence-electron chi connectivity index (χ4n) is 2.51. The van der Waals surface area contributed by atoms with Gasteiger partial charge in [-0.25, -0.2) is 13.6 Å². The number of carbonyl (C=O) groups excluding carboxylic acids is 1. The molecule has 0 atom stereocenters. The summed E-state index contributed by atoms with van der Waals surface area (Å²) >= 11 is 0. The lowest BCUT2D eigenvalue weighted by atomic mass is 10.0. The van der Waals surface area contributed by atoms with Crippen molar-refractivity contribution in [2.24, 2.45) is 0 Å². The maximum absolute atomic E-state index is 13.3. The zero-order valence-corrected chi connectivity index (χ0v) is 14.4. The number of halogens is 2. The van der Waals surface area contributed by atoms with E-state index in [4.69, 9.17) is 4.74 Å². The summed E-state index contributed by atoms with van der Waals surface area (Å²) in [4.78, 5) is 11.4. The monoisotopic (exact) mass is 349 g/mol. The molecule has 1 N–H and O–H groups in total. The molecule has 0 heterocycles. The van der Waals surface area contributed by atoms with Crippen LogP contribution in [0.2, 0.25) is 0 Å². The summed E-state index contributed by atoms with van der Waals surface area (Å²) < 4.78 is 36.9. The number of carbonyl (C=O) groups is 1. The second kappa shape index (κ2) is 8.46. The van der Waals surface area contributed by atoms with Crippen LogP contribution in [0.5, 0.6) is 5.75 Å². The van der Waals surface area contributed by atoms with E-state index in [1.807, 2.05) is 13.8 Å². The van der Waals surface area contributed by atoms with Gasteiger partial charge in [0.2, 0.25) is 0 Å². The molecule has 0 saturated heterocycles. The molecule has 134 valence electrons. The van der Waals surface area contributed by atoms with Gasteiger partial charge >= 0.3 is 6.09 Å². The highest BCUT2D eigenvalue weighted by Gasteiger charge is 2.17. The van der Waals surface area contributed by atoms with Crippen molar-refractivity contribution in [1.82, 2.24) is 0 Å². The van der Waals surface area contributed by atoms with Gasteiger partial charge in [0.25, 0.3) is 6.43 Å². The van der Waals surface area contributed by atoms with Gasteiger partial charge in [0.1, 0.15) is 12.4 Å². The summed E-state index contributed by atoms with van der Waals surface area (Å²) in [5.74, 6) is 0.151. The molecule has 2 rings (SSSR count). The Bertz CT molecular complexity index is 747. The maximum Gasteiger partial charge on any atom is 0.411 e. The molecule has 0 aliphatic rings. The summed E-state index contributed by atoms with van der Waals surface area (Å²) in [7, 11) is 1.27. The Balaban J connectivity index is 2.24. The van der Waals surface area contributed by atoms with Crippen molar-refractivity contribution in [1.29, 1.82) is 0 Å². The smallest absolute Gasteiger partial charge is 0.411 e. The van der Waals surface area contributed by atoms with Crippen LogP contribution in [0.3, 0.4) is 0 Å². The minimum atomic E-state index is -2.62. The van der Waals surface area contributed by atoms with E-state index in [0.717, 1.165) is 11.1 Å². The highest BCUT2D eigenvalue weighted by molar-refractivity contribution is 5.85. The SMILES string of the molecule is CCc1cc(C(F)F)c(OCc2ccccc2NC(=O)OC)cc1C. The van der Waals surface area contributed by atoms with Crippen LogP contribution >= 0.6 is 0 Å². The van der Waals surface area contributed by atoms with Gasteiger partial charge in [-0.3, -0.25) is 5.32 Å². The van der Waals surface area contributed by atoms with Crippen LogP contribution in [0.25, 0.3) is 0 Å². The van der Waals surface area contributed by atoms with E-state index in [1.54, 1.807) is 30.3 Å². The lowest BCUT2D eigenvalue weighted by Gasteiger charge is -2.16. The van der Waals surface area contributed by atoms with E-state index in [0.29, 0.717) is 17.7 Å². The third-order valence-electron chi connectivity index (χ3n) is 3.91. The number of ether oxygens (including phenoxy) is 2. The Hall–Kier alpha value is -2.63. The largest absolute Gasteiger partial charge is 0.488 e. The molecule has 0 radical (unpaired) electrons. The van der Waals surface area contributed by atoms with Crippen LogP contribution in [0.15, 0.2) is 36.4 Å². The van der Waals surface area contributed by atoms with Gasteiger partial charge in [0.05, 0.1) is 18.4 Å². The number of amides is 1. The summed E-state index contributed by atoms with van der Waals surface area (Å²) in [5.41, 5.74) is 2.82. The number of aryl methyl sites for hydroxylation is 2. The third-order valence-corrected chi connectivity index (χ3v) is 3.91. The zero-order chi connectivity index (χ0) is 18.4. The van der Waals surface area contributed by atoms with E-state index in [1.165, 1.54) is 13.2 Å². The Morgan fingerprint density at radius 1 is 1.20 bits per heavy atom. The second-order valence-electron chi connectivity index (χ2n) is 5.53. The van der Waals surface area contributed by atoms with Crippen LogP contribution in [-0.2, 0) is 17.8 Å². The first-order valence-electron chi connectivity index (χ1n) is 7.93. The van der Waals surface area contributed by atoms with Crippen LogP contribution in [0.4, 0.5) is 19.3 Å². The van der Waals surface area contributed by atoms with Gasteiger partial charge in [-0.05, 0) is 42.7 Å². The van der Waals surface area contributed by atoms with Crippen LogP contribution in [-0.4, -0.2) is 13.2 Å². The molecule has 0 fully saturated rings. The van der Waals surface area contributed by atoms with Crippen molar-refractivity contribution in [2.75, 3.05) is 12.4 Å². The summed E-state index contributed by atoms with van der Waals surface area (Å²) in [6.07, 6.45) is -2.55. The molecule has 2 aromatic rings. The lowest BCUT2D eigenvalue weighted by molar-refractivity contribution is 0.144. The highest BCUT2D eigenvalue weighted by Crippen LogP contribution is 2.33. The van der Waals surface area contributed by atoms with Crippen molar-refractivity contribution in [3.05, 3.63) is 58.7 Å². The molecule has 25 heavy (non-hydrogen) atoms. The molecule has 1 amide bonds. The fourth-order valence-corrected chi connectivity index (χ4v) is 2.51. The van der Waals surface area contributed by atoms with Gasteiger partial charge in [-0.1, -0.05) is 25.1 Å². The Morgan fingerprint density at radius 3 is 2.56 bits per heavy atom. The van der Waals surface area contributed by atoms with Gasteiger partial charge in [-0.15, -0.1) is 0 Å². The molecule has 0 aliphatic heterocycles. The van der Waals surface area contributed by atoms with Crippen molar-refractivity contribution in [3.8, 4) is 5.75 Å². The number of anilines is 1. The Kier molecular flexibility index (Phi) is 6.33. The number of methoxy groups -OCH3 is 1. The van der Waals surface area contributed by atoms with Crippen molar-refractivity contribution < 1.29 is 23.0 Å². The molecule has 0 unspecified atom stereocenters. The highest BCUT2D eigenvalue weighted by atomic mass is 19.3. The molecule has 0 aliphatic carbocycles. The molecular weight excluding hydrogens is 328 g/mol. The average Bonchev–Trinajstić information content (AvgIpc) is 2.60. The van der Waals surface area contributed by atoms with Crippen molar-refractivity contribution >= 4 is 11.8 Å². The average molecular weight is 349 g/mol. The molecule has 0 spiro atoms.